The molecule has 1 aromatic rings. The Morgan fingerprint density at radius 3 is 2.47 bits per heavy atom. The second kappa shape index (κ2) is 5.96. The first-order chi connectivity index (χ1) is 7.45. The van der Waals surface area contributed by atoms with Gasteiger partial charge in [0.2, 0.25) is 0 Å². The standard InChI is InChI=1S/C13H17NS/c1-3-7-12(8-4-1)11-15-14-13-9-5-2-6-10-13/h1,3-4,7-8H,2,5-6,9-11H2. The van der Waals surface area contributed by atoms with Gasteiger partial charge in [0.1, 0.15) is 0 Å². The molecule has 0 unspecified atom stereocenters. The second-order valence-electron chi connectivity index (χ2n) is 3.98. The van der Waals surface area contributed by atoms with Gasteiger partial charge in [-0.25, -0.2) is 4.40 Å². The molecule has 0 spiro atoms. The van der Waals surface area contributed by atoms with Crippen LogP contribution in [0.5, 0.6) is 0 Å². The van der Waals surface area contributed by atoms with Gasteiger partial charge in [-0.1, -0.05) is 36.8 Å². The van der Waals surface area contributed by atoms with Crippen LogP contribution in [0.15, 0.2) is 34.7 Å². The molecule has 15 heavy (non-hydrogen) atoms. The number of hydrogen-bond donors (Lipinski definition) is 0. The highest BCUT2D eigenvalue weighted by molar-refractivity contribution is 7.97. The maximum atomic E-state index is 4.61. The van der Waals surface area contributed by atoms with Crippen LogP contribution in [-0.4, -0.2) is 5.71 Å². The van der Waals surface area contributed by atoms with Gasteiger partial charge >= 0.3 is 0 Å². The lowest BCUT2D eigenvalue weighted by Crippen LogP contribution is -2.03. The third-order valence-electron chi connectivity index (χ3n) is 2.70. The molecule has 1 fully saturated rings. The Hall–Kier alpha value is -0.760. The van der Waals surface area contributed by atoms with E-state index in [-0.39, 0.29) is 0 Å². The van der Waals surface area contributed by atoms with Gasteiger partial charge < -0.3 is 0 Å². The van der Waals surface area contributed by atoms with Crippen molar-refractivity contribution in [1.29, 1.82) is 0 Å². The summed E-state index contributed by atoms with van der Waals surface area (Å²) in [5.41, 5.74) is 2.78. The molecule has 0 aromatic heterocycles. The molecule has 0 amide bonds. The van der Waals surface area contributed by atoms with Crippen LogP contribution in [0.25, 0.3) is 0 Å². The van der Waals surface area contributed by atoms with E-state index in [1.54, 1.807) is 11.9 Å². The Bertz CT molecular complexity index is 311. The zero-order valence-corrected chi connectivity index (χ0v) is 9.80. The van der Waals surface area contributed by atoms with E-state index < -0.39 is 0 Å². The zero-order chi connectivity index (χ0) is 10.3. The molecule has 0 bridgehead atoms. The Kier molecular flexibility index (Phi) is 4.27. The average molecular weight is 219 g/mol. The number of rotatable bonds is 3. The first-order valence-corrected chi connectivity index (χ1v) is 6.61. The van der Waals surface area contributed by atoms with Crippen molar-refractivity contribution in [2.45, 2.75) is 37.9 Å². The van der Waals surface area contributed by atoms with E-state index in [1.165, 1.54) is 43.4 Å². The van der Waals surface area contributed by atoms with Crippen LogP contribution in [0.1, 0.15) is 37.7 Å². The third-order valence-corrected chi connectivity index (χ3v) is 3.55. The van der Waals surface area contributed by atoms with Crippen LogP contribution in [-0.2, 0) is 5.75 Å². The highest BCUT2D eigenvalue weighted by Gasteiger charge is 2.06. The van der Waals surface area contributed by atoms with Crippen LogP contribution in [0.4, 0.5) is 0 Å². The molecule has 80 valence electrons. The van der Waals surface area contributed by atoms with Gasteiger partial charge in [0.25, 0.3) is 0 Å². The highest BCUT2D eigenvalue weighted by atomic mass is 32.2. The maximum absolute atomic E-state index is 4.61. The maximum Gasteiger partial charge on any atom is 0.0404 e. The molecule has 1 aliphatic rings. The van der Waals surface area contributed by atoms with Crippen molar-refractivity contribution in [1.82, 2.24) is 0 Å². The molecule has 1 saturated carbocycles. The van der Waals surface area contributed by atoms with Crippen molar-refractivity contribution >= 4 is 17.7 Å². The summed E-state index contributed by atoms with van der Waals surface area (Å²) >= 11 is 1.70. The first-order valence-electron chi connectivity index (χ1n) is 5.67. The summed E-state index contributed by atoms with van der Waals surface area (Å²) < 4.78 is 4.61. The molecule has 0 saturated heterocycles. The second-order valence-corrected chi connectivity index (χ2v) is 4.71. The molecular formula is C13H17NS. The molecule has 0 atom stereocenters. The normalized spacial score (nSPS) is 16.4. The zero-order valence-electron chi connectivity index (χ0n) is 8.98. The van der Waals surface area contributed by atoms with Crippen LogP contribution in [0, 0.1) is 0 Å². The van der Waals surface area contributed by atoms with Crippen LogP contribution in [0.3, 0.4) is 0 Å². The summed E-state index contributed by atoms with van der Waals surface area (Å²) in [6.45, 7) is 0. The minimum absolute atomic E-state index is 1.00. The number of nitrogens with zero attached hydrogens (tertiary/aromatic N) is 1. The SMILES string of the molecule is c1ccc(CSN=C2CCCCC2)cc1. The fourth-order valence-corrected chi connectivity index (χ4v) is 2.59. The molecule has 0 heterocycles. The lowest BCUT2D eigenvalue weighted by atomic mass is 9.99. The Morgan fingerprint density at radius 1 is 1.00 bits per heavy atom. The summed E-state index contributed by atoms with van der Waals surface area (Å²) in [6, 6.07) is 10.6. The summed E-state index contributed by atoms with van der Waals surface area (Å²) in [6.07, 6.45) is 6.52. The monoisotopic (exact) mass is 219 g/mol. The van der Waals surface area contributed by atoms with E-state index in [9.17, 15) is 0 Å². The Morgan fingerprint density at radius 2 is 1.73 bits per heavy atom. The third kappa shape index (κ3) is 3.71. The fourth-order valence-electron chi connectivity index (χ4n) is 1.82. The molecule has 1 aromatic carbocycles. The van der Waals surface area contributed by atoms with E-state index in [0.717, 1.165) is 5.75 Å². The van der Waals surface area contributed by atoms with Gasteiger partial charge in [-0.05, 0) is 43.2 Å². The topological polar surface area (TPSA) is 12.4 Å². The smallest absolute Gasteiger partial charge is 0.0404 e. The van der Waals surface area contributed by atoms with Gasteiger partial charge in [0.15, 0.2) is 0 Å². The predicted molar refractivity (Wildman–Crippen MR) is 68.3 cm³/mol. The molecular weight excluding hydrogens is 202 g/mol. The number of benzene rings is 1. The van der Waals surface area contributed by atoms with Crippen molar-refractivity contribution < 1.29 is 0 Å². The predicted octanol–water partition coefficient (Wildman–Crippen LogP) is 4.24. The van der Waals surface area contributed by atoms with Crippen molar-refractivity contribution in [3.63, 3.8) is 0 Å². The molecule has 0 radical (unpaired) electrons. The van der Waals surface area contributed by atoms with Crippen molar-refractivity contribution in [2.75, 3.05) is 0 Å². The van der Waals surface area contributed by atoms with Crippen molar-refractivity contribution in [2.24, 2.45) is 4.40 Å². The van der Waals surface area contributed by atoms with Crippen LogP contribution < -0.4 is 0 Å². The van der Waals surface area contributed by atoms with E-state index in [0.29, 0.717) is 0 Å². The molecule has 2 heteroatoms. The fraction of sp³-hybridized carbons (Fsp3) is 0.462. The van der Waals surface area contributed by atoms with Gasteiger partial charge in [-0.2, -0.15) is 0 Å². The molecule has 0 aliphatic heterocycles. The van der Waals surface area contributed by atoms with E-state index in [1.807, 2.05) is 0 Å². The van der Waals surface area contributed by atoms with E-state index in [4.69, 9.17) is 0 Å². The van der Waals surface area contributed by atoms with E-state index >= 15 is 0 Å². The quantitative estimate of drug-likeness (QED) is 0.693. The summed E-state index contributed by atoms with van der Waals surface area (Å²) in [4.78, 5) is 0. The minimum atomic E-state index is 1.00. The van der Waals surface area contributed by atoms with Crippen LogP contribution in [0.2, 0.25) is 0 Å². The van der Waals surface area contributed by atoms with Crippen molar-refractivity contribution in [3.8, 4) is 0 Å². The Labute approximate surface area is 96.1 Å². The van der Waals surface area contributed by atoms with Crippen molar-refractivity contribution in [3.05, 3.63) is 35.9 Å². The number of hydrogen-bond acceptors (Lipinski definition) is 2. The average Bonchev–Trinajstić information content (AvgIpc) is 2.32. The highest BCUT2D eigenvalue weighted by Crippen LogP contribution is 2.19. The first kappa shape index (κ1) is 10.7. The lowest BCUT2D eigenvalue weighted by Gasteiger charge is -2.11. The van der Waals surface area contributed by atoms with Gasteiger partial charge in [-0.3, -0.25) is 0 Å². The van der Waals surface area contributed by atoms with Gasteiger partial charge in [-0.15, -0.1) is 0 Å². The largest absolute Gasteiger partial charge is 0.225 e. The van der Waals surface area contributed by atoms with Gasteiger partial charge in [0, 0.05) is 11.5 Å². The summed E-state index contributed by atoms with van der Waals surface area (Å²) in [5.74, 6) is 1.00. The summed E-state index contributed by atoms with van der Waals surface area (Å²) in [5, 5.41) is 0. The summed E-state index contributed by atoms with van der Waals surface area (Å²) in [7, 11) is 0. The molecule has 2 rings (SSSR count). The minimum Gasteiger partial charge on any atom is -0.225 e. The molecule has 0 N–H and O–H groups in total. The molecule has 1 nitrogen and oxygen atoms in total. The van der Waals surface area contributed by atoms with E-state index in [2.05, 4.69) is 34.7 Å². The molecule has 1 aliphatic carbocycles. The van der Waals surface area contributed by atoms with Crippen LogP contribution >= 0.6 is 11.9 Å². The lowest BCUT2D eigenvalue weighted by molar-refractivity contribution is 0.668. The Balaban J connectivity index is 1.78. The van der Waals surface area contributed by atoms with Gasteiger partial charge in [0.05, 0.1) is 0 Å².